The van der Waals surface area contributed by atoms with Crippen molar-refractivity contribution in [1.29, 1.82) is 0 Å². The quantitative estimate of drug-likeness (QED) is 0.861. The van der Waals surface area contributed by atoms with E-state index < -0.39 is 6.04 Å². The highest BCUT2D eigenvalue weighted by Crippen LogP contribution is 2.40. The second-order valence-electron chi connectivity index (χ2n) is 4.52. The average molecular weight is 259 g/mol. The number of carbonyl (C=O) groups is 1. The minimum atomic E-state index is -0.500. The van der Waals surface area contributed by atoms with Gasteiger partial charge < -0.3 is 11.1 Å². The van der Waals surface area contributed by atoms with Crippen LogP contribution in [0.5, 0.6) is 0 Å². The van der Waals surface area contributed by atoms with Crippen molar-refractivity contribution in [2.45, 2.75) is 38.8 Å². The van der Waals surface area contributed by atoms with Gasteiger partial charge in [-0.05, 0) is 32.6 Å². The summed E-state index contributed by atoms with van der Waals surface area (Å²) in [7, 11) is 0. The summed E-state index contributed by atoms with van der Waals surface area (Å²) >= 11 is 0. The monoisotopic (exact) mass is 258 g/mol. The molecule has 0 radical (unpaired) electrons. The summed E-state index contributed by atoms with van der Waals surface area (Å²) in [5.74, 6) is 1.26. The number of aromatic nitrogens is 2. The van der Waals surface area contributed by atoms with Gasteiger partial charge in [-0.15, -0.1) is 12.4 Å². The van der Waals surface area contributed by atoms with E-state index in [9.17, 15) is 4.79 Å². The third kappa shape index (κ3) is 3.20. The van der Waals surface area contributed by atoms with Crippen LogP contribution in [0.15, 0.2) is 12.3 Å². The number of hydrogen-bond donors (Lipinski definition) is 2. The highest BCUT2D eigenvalue weighted by atomic mass is 35.5. The Kier molecular flexibility index (Phi) is 4.54. The third-order valence-electron chi connectivity index (χ3n) is 3.03. The van der Waals surface area contributed by atoms with Crippen molar-refractivity contribution < 1.29 is 4.79 Å². The van der Waals surface area contributed by atoms with E-state index in [1.165, 1.54) is 12.8 Å². The van der Waals surface area contributed by atoms with Gasteiger partial charge in [-0.25, -0.2) is 4.68 Å². The van der Waals surface area contributed by atoms with Crippen LogP contribution in [0.3, 0.4) is 0 Å². The van der Waals surface area contributed by atoms with Gasteiger partial charge in [0.2, 0.25) is 5.91 Å². The van der Waals surface area contributed by atoms with Crippen LogP contribution in [-0.2, 0) is 4.79 Å². The minimum absolute atomic E-state index is 0. The standard InChI is InChI=1S/C11H18N4O.ClH/c1-7(12)11(16)14-10-5-6-13-15(10)8(2)9-3-4-9;/h5-9H,3-4,12H2,1-2H3,(H,14,16);1H/t7-,8?;/m0./s1. The van der Waals surface area contributed by atoms with E-state index in [1.54, 1.807) is 19.2 Å². The highest BCUT2D eigenvalue weighted by molar-refractivity contribution is 5.93. The lowest BCUT2D eigenvalue weighted by molar-refractivity contribution is -0.117. The molecule has 1 aliphatic rings. The number of nitrogens with one attached hydrogen (secondary N) is 1. The summed E-state index contributed by atoms with van der Waals surface area (Å²) in [5, 5.41) is 7.04. The average Bonchev–Trinajstić information content (AvgIpc) is 2.98. The van der Waals surface area contributed by atoms with Gasteiger partial charge in [0, 0.05) is 6.07 Å². The summed E-state index contributed by atoms with van der Waals surface area (Å²) < 4.78 is 1.87. The molecule has 17 heavy (non-hydrogen) atoms. The molecule has 1 saturated carbocycles. The summed E-state index contributed by atoms with van der Waals surface area (Å²) in [6, 6.07) is 1.65. The zero-order valence-corrected chi connectivity index (χ0v) is 10.9. The molecule has 5 nitrogen and oxygen atoms in total. The fourth-order valence-corrected chi connectivity index (χ4v) is 1.76. The lowest BCUT2D eigenvalue weighted by atomic mass is 10.2. The molecule has 1 fully saturated rings. The Hall–Kier alpha value is -1.07. The third-order valence-corrected chi connectivity index (χ3v) is 3.03. The Labute approximate surface area is 107 Å². The second kappa shape index (κ2) is 5.51. The molecule has 0 spiro atoms. The Morgan fingerprint density at radius 1 is 1.59 bits per heavy atom. The topological polar surface area (TPSA) is 72.9 Å². The molecule has 0 saturated heterocycles. The maximum Gasteiger partial charge on any atom is 0.242 e. The first kappa shape index (κ1) is 14.0. The molecule has 2 atom stereocenters. The largest absolute Gasteiger partial charge is 0.320 e. The number of amides is 1. The van der Waals surface area contributed by atoms with Gasteiger partial charge in [-0.2, -0.15) is 5.10 Å². The molecule has 96 valence electrons. The van der Waals surface area contributed by atoms with Gasteiger partial charge in [-0.3, -0.25) is 4.79 Å². The predicted molar refractivity (Wildman–Crippen MR) is 69.2 cm³/mol. The lowest BCUT2D eigenvalue weighted by Crippen LogP contribution is -2.33. The van der Waals surface area contributed by atoms with Crippen molar-refractivity contribution in [2.24, 2.45) is 11.7 Å². The van der Waals surface area contributed by atoms with Gasteiger partial charge in [-0.1, -0.05) is 0 Å². The van der Waals surface area contributed by atoms with Crippen LogP contribution in [-0.4, -0.2) is 21.7 Å². The highest BCUT2D eigenvalue weighted by Gasteiger charge is 2.30. The number of nitrogens with zero attached hydrogens (tertiary/aromatic N) is 2. The summed E-state index contributed by atoms with van der Waals surface area (Å²) in [5.41, 5.74) is 5.51. The van der Waals surface area contributed by atoms with E-state index in [-0.39, 0.29) is 18.3 Å². The van der Waals surface area contributed by atoms with E-state index in [4.69, 9.17) is 5.73 Å². The lowest BCUT2D eigenvalue weighted by Gasteiger charge is -2.16. The molecule has 0 bridgehead atoms. The Morgan fingerprint density at radius 2 is 2.24 bits per heavy atom. The summed E-state index contributed by atoms with van der Waals surface area (Å²) in [6.07, 6.45) is 4.21. The molecule has 1 unspecified atom stereocenters. The van der Waals surface area contributed by atoms with Crippen molar-refractivity contribution >= 4 is 24.1 Å². The van der Waals surface area contributed by atoms with Gasteiger partial charge in [0.05, 0.1) is 18.3 Å². The van der Waals surface area contributed by atoms with Crippen molar-refractivity contribution in [1.82, 2.24) is 9.78 Å². The van der Waals surface area contributed by atoms with Gasteiger partial charge >= 0.3 is 0 Å². The molecule has 0 aromatic carbocycles. The van der Waals surface area contributed by atoms with Crippen LogP contribution in [0, 0.1) is 5.92 Å². The maximum atomic E-state index is 11.5. The second-order valence-corrected chi connectivity index (χ2v) is 4.52. The Balaban J connectivity index is 0.00000144. The van der Waals surface area contributed by atoms with Crippen molar-refractivity contribution in [3.63, 3.8) is 0 Å². The van der Waals surface area contributed by atoms with Crippen LogP contribution < -0.4 is 11.1 Å². The Morgan fingerprint density at radius 3 is 2.76 bits per heavy atom. The van der Waals surface area contributed by atoms with Gasteiger partial charge in [0.15, 0.2) is 0 Å². The van der Waals surface area contributed by atoms with E-state index >= 15 is 0 Å². The molecule has 3 N–H and O–H groups in total. The van der Waals surface area contributed by atoms with Crippen LogP contribution in [0.25, 0.3) is 0 Å². The molecule has 1 aromatic rings. The molecule has 2 rings (SSSR count). The molecular formula is C11H19ClN4O. The minimum Gasteiger partial charge on any atom is -0.320 e. The fraction of sp³-hybridized carbons (Fsp3) is 0.636. The van der Waals surface area contributed by atoms with Crippen LogP contribution >= 0.6 is 12.4 Å². The predicted octanol–water partition coefficient (Wildman–Crippen LogP) is 1.56. The summed E-state index contributed by atoms with van der Waals surface area (Å²) in [4.78, 5) is 11.5. The van der Waals surface area contributed by atoms with Crippen LogP contribution in [0.1, 0.15) is 32.7 Å². The van der Waals surface area contributed by atoms with Crippen LogP contribution in [0.2, 0.25) is 0 Å². The van der Waals surface area contributed by atoms with Crippen molar-refractivity contribution in [3.05, 3.63) is 12.3 Å². The maximum absolute atomic E-state index is 11.5. The van der Waals surface area contributed by atoms with E-state index in [2.05, 4.69) is 17.3 Å². The first-order valence-corrected chi connectivity index (χ1v) is 5.69. The molecule has 6 heteroatoms. The number of hydrogen-bond acceptors (Lipinski definition) is 3. The van der Waals surface area contributed by atoms with Gasteiger partial charge in [0.1, 0.15) is 5.82 Å². The first-order valence-electron chi connectivity index (χ1n) is 5.69. The normalized spacial score (nSPS) is 18.1. The first-order chi connectivity index (χ1) is 7.59. The molecular weight excluding hydrogens is 240 g/mol. The summed E-state index contributed by atoms with van der Waals surface area (Å²) in [6.45, 7) is 3.80. The van der Waals surface area contributed by atoms with Crippen LogP contribution in [0.4, 0.5) is 5.82 Å². The van der Waals surface area contributed by atoms with Gasteiger partial charge in [0.25, 0.3) is 0 Å². The SMILES string of the molecule is CC(C1CC1)n1nccc1NC(=O)[C@H](C)N.Cl. The smallest absolute Gasteiger partial charge is 0.242 e. The molecule has 0 aliphatic heterocycles. The van der Waals surface area contributed by atoms with E-state index in [0.717, 1.165) is 5.82 Å². The van der Waals surface area contributed by atoms with E-state index in [1.807, 2.05) is 4.68 Å². The van der Waals surface area contributed by atoms with Crippen molar-refractivity contribution in [3.8, 4) is 0 Å². The van der Waals surface area contributed by atoms with Crippen molar-refractivity contribution in [2.75, 3.05) is 5.32 Å². The van der Waals surface area contributed by atoms with E-state index in [0.29, 0.717) is 12.0 Å². The Bertz CT molecular complexity index is 387. The molecule has 1 heterocycles. The molecule has 1 amide bonds. The zero-order valence-electron chi connectivity index (χ0n) is 10.1. The number of halogens is 1. The fourth-order valence-electron chi connectivity index (χ4n) is 1.76. The number of rotatable bonds is 4. The number of carbonyl (C=O) groups excluding carboxylic acids is 1. The number of anilines is 1. The number of nitrogens with two attached hydrogens (primary N) is 1. The molecule has 1 aromatic heterocycles. The zero-order chi connectivity index (χ0) is 11.7. The molecule has 1 aliphatic carbocycles.